The van der Waals surface area contributed by atoms with Gasteiger partial charge in [-0.05, 0) is 51.2 Å². The normalized spacial score (nSPS) is 20.0. The van der Waals surface area contributed by atoms with Crippen molar-refractivity contribution in [1.29, 1.82) is 0 Å². The molecule has 0 radical (unpaired) electrons. The van der Waals surface area contributed by atoms with E-state index in [0.29, 0.717) is 17.7 Å². The number of azo groups is 1. The van der Waals surface area contributed by atoms with Crippen LogP contribution in [0.15, 0.2) is 31.9 Å². The number of aliphatic imine (C=N–C) groups is 1. The molecule has 0 amide bonds. The Balaban J connectivity index is 1.82. The SMILES string of the molecule is CCOC(=O)c1noc(C2CC2)c1C(=O)c1ccc(C2(C)N=CN=N2)c(C)c1CC. The molecular weight excluding hydrogens is 384 g/mol. The minimum absolute atomic E-state index is 0.0475. The molecule has 2 heterocycles. The number of benzene rings is 1. The predicted octanol–water partition coefficient (Wildman–Crippen LogP) is 4.50. The van der Waals surface area contributed by atoms with Gasteiger partial charge >= 0.3 is 5.97 Å². The zero-order valence-electron chi connectivity index (χ0n) is 17.6. The van der Waals surface area contributed by atoms with Crippen LogP contribution >= 0.6 is 0 Å². The first-order valence-corrected chi connectivity index (χ1v) is 10.2. The van der Waals surface area contributed by atoms with Gasteiger partial charge in [0.05, 0.1) is 6.61 Å². The third-order valence-corrected chi connectivity index (χ3v) is 5.68. The second kappa shape index (κ2) is 7.59. The van der Waals surface area contributed by atoms with E-state index in [2.05, 4.69) is 20.4 Å². The number of aromatic nitrogens is 1. The zero-order valence-corrected chi connectivity index (χ0v) is 17.6. The summed E-state index contributed by atoms with van der Waals surface area (Å²) in [6.07, 6.45) is 3.90. The minimum Gasteiger partial charge on any atom is -0.461 e. The van der Waals surface area contributed by atoms with Crippen molar-refractivity contribution < 1.29 is 18.8 Å². The van der Waals surface area contributed by atoms with E-state index < -0.39 is 11.6 Å². The van der Waals surface area contributed by atoms with E-state index in [0.717, 1.165) is 29.5 Å². The molecule has 1 aliphatic heterocycles. The third-order valence-electron chi connectivity index (χ3n) is 5.68. The van der Waals surface area contributed by atoms with E-state index in [-0.39, 0.29) is 29.6 Å². The fourth-order valence-corrected chi connectivity index (χ4v) is 3.98. The molecule has 4 rings (SSSR count). The second-order valence-electron chi connectivity index (χ2n) is 7.69. The van der Waals surface area contributed by atoms with E-state index in [4.69, 9.17) is 9.26 Å². The van der Waals surface area contributed by atoms with Crippen LogP contribution in [0.5, 0.6) is 0 Å². The molecule has 1 aromatic heterocycles. The lowest BCUT2D eigenvalue weighted by Crippen LogP contribution is -2.19. The van der Waals surface area contributed by atoms with Crippen LogP contribution in [-0.2, 0) is 16.8 Å². The van der Waals surface area contributed by atoms with Crippen LogP contribution in [0, 0.1) is 6.92 Å². The van der Waals surface area contributed by atoms with Gasteiger partial charge in [-0.3, -0.25) is 4.79 Å². The van der Waals surface area contributed by atoms with E-state index >= 15 is 0 Å². The zero-order chi connectivity index (χ0) is 21.5. The highest BCUT2D eigenvalue weighted by Crippen LogP contribution is 2.43. The summed E-state index contributed by atoms with van der Waals surface area (Å²) >= 11 is 0. The van der Waals surface area contributed by atoms with Crippen LogP contribution < -0.4 is 0 Å². The molecule has 1 aromatic carbocycles. The van der Waals surface area contributed by atoms with E-state index in [1.807, 2.05) is 26.8 Å². The number of carbonyl (C=O) groups is 2. The summed E-state index contributed by atoms with van der Waals surface area (Å²) in [5.41, 5.74) is 2.63. The van der Waals surface area contributed by atoms with Gasteiger partial charge in [0.1, 0.15) is 11.9 Å². The van der Waals surface area contributed by atoms with Gasteiger partial charge in [0.15, 0.2) is 17.2 Å². The fraction of sp³-hybridized carbons (Fsp3) is 0.455. The molecule has 156 valence electrons. The van der Waals surface area contributed by atoms with Crippen molar-refractivity contribution in [2.24, 2.45) is 15.2 Å². The van der Waals surface area contributed by atoms with Crippen molar-refractivity contribution in [3.63, 3.8) is 0 Å². The summed E-state index contributed by atoms with van der Waals surface area (Å²) in [6, 6.07) is 3.63. The van der Waals surface area contributed by atoms with Crippen LogP contribution in [0.1, 0.15) is 88.4 Å². The summed E-state index contributed by atoms with van der Waals surface area (Å²) < 4.78 is 10.5. The van der Waals surface area contributed by atoms with Crippen molar-refractivity contribution in [3.8, 4) is 0 Å². The lowest BCUT2D eigenvalue weighted by atomic mass is 9.86. The quantitative estimate of drug-likeness (QED) is 0.495. The molecule has 8 heteroatoms. The van der Waals surface area contributed by atoms with Crippen molar-refractivity contribution in [2.45, 2.75) is 58.5 Å². The van der Waals surface area contributed by atoms with Gasteiger partial charge in [-0.2, -0.15) is 5.11 Å². The number of carbonyl (C=O) groups excluding carboxylic acids is 2. The first kappa shape index (κ1) is 20.1. The number of rotatable bonds is 7. The lowest BCUT2D eigenvalue weighted by molar-refractivity contribution is 0.0512. The van der Waals surface area contributed by atoms with Crippen molar-refractivity contribution in [2.75, 3.05) is 6.61 Å². The van der Waals surface area contributed by atoms with Crippen molar-refractivity contribution >= 4 is 18.1 Å². The number of nitrogens with zero attached hydrogens (tertiary/aromatic N) is 4. The number of esters is 1. The Labute approximate surface area is 174 Å². The summed E-state index contributed by atoms with van der Waals surface area (Å²) in [5.74, 6) is -0.310. The fourth-order valence-electron chi connectivity index (χ4n) is 3.98. The van der Waals surface area contributed by atoms with E-state index in [9.17, 15) is 9.59 Å². The smallest absolute Gasteiger partial charge is 0.361 e. The van der Waals surface area contributed by atoms with Gasteiger partial charge < -0.3 is 9.26 Å². The summed E-state index contributed by atoms with van der Waals surface area (Å²) in [6.45, 7) is 7.74. The highest BCUT2D eigenvalue weighted by Gasteiger charge is 2.38. The number of hydrogen-bond donors (Lipinski definition) is 0. The highest BCUT2D eigenvalue weighted by molar-refractivity contribution is 6.15. The van der Waals surface area contributed by atoms with Gasteiger partial charge in [-0.1, -0.05) is 24.2 Å². The molecule has 0 bridgehead atoms. The molecule has 1 aliphatic carbocycles. The van der Waals surface area contributed by atoms with Crippen LogP contribution in [0.25, 0.3) is 0 Å². The van der Waals surface area contributed by atoms with Crippen molar-refractivity contribution in [1.82, 2.24) is 5.16 Å². The molecule has 1 fully saturated rings. The van der Waals surface area contributed by atoms with Gasteiger partial charge in [-0.15, -0.1) is 5.11 Å². The van der Waals surface area contributed by atoms with Crippen molar-refractivity contribution in [3.05, 3.63) is 51.4 Å². The van der Waals surface area contributed by atoms with E-state index in [1.165, 1.54) is 6.34 Å². The topological polar surface area (TPSA) is 106 Å². The molecule has 1 atom stereocenters. The Morgan fingerprint density at radius 1 is 1.27 bits per heavy atom. The maximum absolute atomic E-state index is 13.7. The molecule has 30 heavy (non-hydrogen) atoms. The Morgan fingerprint density at radius 3 is 2.63 bits per heavy atom. The van der Waals surface area contributed by atoms with Gasteiger partial charge in [-0.25, -0.2) is 9.79 Å². The molecule has 0 saturated heterocycles. The van der Waals surface area contributed by atoms with Gasteiger partial charge in [0.2, 0.25) is 5.69 Å². The Kier molecular flexibility index (Phi) is 5.09. The average molecular weight is 408 g/mol. The van der Waals surface area contributed by atoms with Gasteiger partial charge in [0, 0.05) is 17.0 Å². The molecule has 2 aliphatic rings. The number of hydrogen-bond acceptors (Lipinski definition) is 8. The maximum atomic E-state index is 13.7. The minimum atomic E-state index is -0.790. The highest BCUT2D eigenvalue weighted by atomic mass is 16.5. The molecular formula is C22H24N4O4. The second-order valence-corrected chi connectivity index (χ2v) is 7.69. The lowest BCUT2D eigenvalue weighted by Gasteiger charge is -2.22. The standard InChI is InChI=1S/C22H24N4O4/c1-5-14-12(3)16(22(4)23-11-24-26-22)10-9-15(14)19(27)17-18(21(28)29-6-2)25-30-20(17)13-7-8-13/h9-11,13H,5-8H2,1-4H3. The Hall–Kier alpha value is -3.16. The summed E-state index contributed by atoms with van der Waals surface area (Å²) in [7, 11) is 0. The van der Waals surface area contributed by atoms with Crippen LogP contribution in [0.4, 0.5) is 0 Å². The summed E-state index contributed by atoms with van der Waals surface area (Å²) in [5, 5.41) is 12.0. The summed E-state index contributed by atoms with van der Waals surface area (Å²) in [4.78, 5) is 30.4. The Morgan fingerprint density at radius 2 is 2.03 bits per heavy atom. The first-order chi connectivity index (χ1) is 14.4. The van der Waals surface area contributed by atoms with Crippen LogP contribution in [0.3, 0.4) is 0 Å². The van der Waals surface area contributed by atoms with Crippen LogP contribution in [0.2, 0.25) is 0 Å². The Bertz CT molecular complexity index is 1070. The third kappa shape index (κ3) is 3.26. The van der Waals surface area contributed by atoms with Crippen LogP contribution in [-0.4, -0.2) is 29.9 Å². The van der Waals surface area contributed by atoms with E-state index in [1.54, 1.807) is 13.0 Å². The average Bonchev–Trinajstić information content (AvgIpc) is 3.32. The first-order valence-electron chi connectivity index (χ1n) is 10.2. The maximum Gasteiger partial charge on any atom is 0.361 e. The molecule has 1 saturated carbocycles. The molecule has 0 N–H and O–H groups in total. The molecule has 8 nitrogen and oxygen atoms in total. The molecule has 1 unspecified atom stereocenters. The molecule has 2 aromatic rings. The molecule has 0 spiro atoms. The largest absolute Gasteiger partial charge is 0.461 e. The number of ketones is 1. The monoisotopic (exact) mass is 408 g/mol. The van der Waals surface area contributed by atoms with Gasteiger partial charge in [0.25, 0.3) is 0 Å². The predicted molar refractivity (Wildman–Crippen MR) is 109 cm³/mol. The number of ether oxygens (including phenoxy) is 1.